The van der Waals surface area contributed by atoms with E-state index in [4.69, 9.17) is 14.9 Å². The molecule has 1 aliphatic carbocycles. The highest BCUT2D eigenvalue weighted by Crippen LogP contribution is 2.41. The molecule has 154 valence electrons. The molecule has 0 radical (unpaired) electrons. The summed E-state index contributed by atoms with van der Waals surface area (Å²) in [7, 11) is 0. The highest BCUT2D eigenvalue weighted by molar-refractivity contribution is 5.91. The number of aryl methyl sites for hydroxylation is 1. The van der Waals surface area contributed by atoms with Crippen LogP contribution in [0.3, 0.4) is 0 Å². The Bertz CT molecular complexity index is 1160. The molecule has 0 unspecified atom stereocenters. The van der Waals surface area contributed by atoms with Gasteiger partial charge in [0.05, 0.1) is 23.9 Å². The van der Waals surface area contributed by atoms with Crippen LogP contribution in [0, 0.1) is 29.9 Å². The summed E-state index contributed by atoms with van der Waals surface area (Å²) in [6.07, 6.45) is 3.07. The van der Waals surface area contributed by atoms with Gasteiger partial charge in [0.25, 0.3) is 0 Å². The van der Waals surface area contributed by atoms with Crippen LogP contribution in [0.25, 0.3) is 10.9 Å². The van der Waals surface area contributed by atoms with Crippen molar-refractivity contribution in [1.82, 2.24) is 4.98 Å². The molecule has 1 aliphatic rings. The number of rotatable bonds is 4. The molecule has 8 heteroatoms. The number of aliphatic hydroxyl groups is 1. The Labute approximate surface area is 171 Å². The molecule has 3 aromatic rings. The first-order valence-corrected chi connectivity index (χ1v) is 9.35. The number of hydrogen-bond acceptors (Lipinski definition) is 5. The molecule has 2 N–H and O–H groups in total. The summed E-state index contributed by atoms with van der Waals surface area (Å²) in [4.78, 5) is 21.4. The number of aliphatic hydroxyl groups excluding tert-OH is 1. The Morgan fingerprint density at radius 2 is 1.90 bits per heavy atom. The SMILES string of the molecule is Cc1c(N(c2ccc(CO)c(F)c2F)C2CCC2)[nH]c2cc(C#N)ccc12.O=C=O. The first-order valence-electron chi connectivity index (χ1n) is 9.35. The standard InChI is InChI=1S/C21H19F2N3O.CO2/c1-12-16-7-5-13(10-24)9-17(16)25-21(12)26(15-3-2-4-15)18-8-6-14(11-27)19(22)20(18)23;2-1-3/h5-9,15,25,27H,2-4,11H2,1H3;. The molecule has 30 heavy (non-hydrogen) atoms. The molecule has 4 rings (SSSR count). The summed E-state index contributed by atoms with van der Waals surface area (Å²) in [5, 5.41) is 19.3. The maximum absolute atomic E-state index is 14.8. The Kier molecular flexibility index (Phi) is 6.26. The third-order valence-electron chi connectivity index (χ3n) is 5.41. The smallest absolute Gasteiger partial charge is 0.373 e. The number of halogens is 2. The third kappa shape index (κ3) is 3.69. The second-order valence-electron chi connectivity index (χ2n) is 7.04. The van der Waals surface area contributed by atoms with Gasteiger partial charge in [0.2, 0.25) is 0 Å². The van der Waals surface area contributed by atoms with E-state index in [1.165, 1.54) is 12.1 Å². The molecule has 1 aromatic heterocycles. The van der Waals surface area contributed by atoms with E-state index in [2.05, 4.69) is 11.1 Å². The van der Waals surface area contributed by atoms with E-state index in [0.717, 1.165) is 35.7 Å². The van der Waals surface area contributed by atoms with Gasteiger partial charge >= 0.3 is 6.15 Å². The molecule has 2 aromatic carbocycles. The summed E-state index contributed by atoms with van der Waals surface area (Å²) in [5.41, 5.74) is 2.35. The number of hydrogen-bond donors (Lipinski definition) is 2. The summed E-state index contributed by atoms with van der Waals surface area (Å²) < 4.78 is 29.1. The van der Waals surface area contributed by atoms with Crippen molar-refractivity contribution in [3.05, 3.63) is 58.7 Å². The quantitative estimate of drug-likeness (QED) is 0.670. The van der Waals surface area contributed by atoms with Crippen LogP contribution in [0.4, 0.5) is 20.3 Å². The Morgan fingerprint density at radius 1 is 1.20 bits per heavy atom. The number of benzene rings is 2. The molecule has 0 atom stereocenters. The normalized spacial score (nSPS) is 13.0. The van der Waals surface area contributed by atoms with Crippen molar-refractivity contribution in [2.75, 3.05) is 4.90 Å². The molecular weight excluding hydrogens is 392 g/mol. The van der Waals surface area contributed by atoms with Gasteiger partial charge < -0.3 is 15.0 Å². The minimum absolute atomic E-state index is 0.0585. The van der Waals surface area contributed by atoms with Crippen molar-refractivity contribution in [3.8, 4) is 6.07 Å². The molecule has 0 bridgehead atoms. The van der Waals surface area contributed by atoms with Gasteiger partial charge in [0, 0.05) is 22.5 Å². The number of nitriles is 1. The first kappa shape index (κ1) is 21.2. The third-order valence-corrected chi connectivity index (χ3v) is 5.41. The van der Waals surface area contributed by atoms with E-state index in [1.807, 2.05) is 17.9 Å². The zero-order valence-electron chi connectivity index (χ0n) is 16.2. The number of fused-ring (bicyclic) bond motifs is 1. The zero-order valence-corrected chi connectivity index (χ0v) is 16.2. The maximum atomic E-state index is 14.8. The van der Waals surface area contributed by atoms with Crippen LogP contribution >= 0.6 is 0 Å². The number of H-pyrrole nitrogens is 1. The maximum Gasteiger partial charge on any atom is 0.373 e. The topological polar surface area (TPSA) is 97.2 Å². The molecule has 0 aliphatic heterocycles. The zero-order chi connectivity index (χ0) is 21.8. The number of aromatic amines is 1. The first-order chi connectivity index (χ1) is 14.5. The lowest BCUT2D eigenvalue weighted by Crippen LogP contribution is -2.38. The highest BCUT2D eigenvalue weighted by Gasteiger charge is 2.32. The lowest BCUT2D eigenvalue weighted by Gasteiger charge is -2.39. The molecule has 1 heterocycles. The van der Waals surface area contributed by atoms with E-state index in [1.54, 1.807) is 12.1 Å². The second-order valence-corrected chi connectivity index (χ2v) is 7.04. The predicted octanol–water partition coefficient (Wildman–Crippen LogP) is 4.23. The molecule has 6 nitrogen and oxygen atoms in total. The van der Waals surface area contributed by atoms with Crippen LogP contribution in [0.2, 0.25) is 0 Å². The van der Waals surface area contributed by atoms with Crippen molar-refractivity contribution >= 4 is 28.6 Å². The van der Waals surface area contributed by atoms with Crippen molar-refractivity contribution in [2.45, 2.75) is 38.8 Å². The van der Waals surface area contributed by atoms with E-state index >= 15 is 0 Å². The van der Waals surface area contributed by atoms with Gasteiger partial charge in [-0.3, -0.25) is 0 Å². The van der Waals surface area contributed by atoms with Crippen LogP contribution in [0.1, 0.15) is 36.0 Å². The van der Waals surface area contributed by atoms with Crippen LogP contribution in [0.5, 0.6) is 0 Å². The van der Waals surface area contributed by atoms with Crippen molar-refractivity contribution < 1.29 is 23.5 Å². The Hall–Kier alpha value is -3.53. The van der Waals surface area contributed by atoms with Gasteiger partial charge in [-0.25, -0.2) is 8.78 Å². The van der Waals surface area contributed by atoms with Gasteiger partial charge in [0.15, 0.2) is 11.6 Å². The molecule has 0 amide bonds. The lowest BCUT2D eigenvalue weighted by atomic mass is 9.90. The van der Waals surface area contributed by atoms with Crippen LogP contribution in [-0.4, -0.2) is 22.3 Å². The van der Waals surface area contributed by atoms with E-state index < -0.39 is 18.2 Å². The largest absolute Gasteiger partial charge is 0.392 e. The van der Waals surface area contributed by atoms with Crippen molar-refractivity contribution in [1.29, 1.82) is 5.26 Å². The molecule has 1 saturated carbocycles. The highest BCUT2D eigenvalue weighted by atomic mass is 19.2. The molecule has 0 spiro atoms. The average molecular weight is 411 g/mol. The van der Waals surface area contributed by atoms with Gasteiger partial charge in [0.1, 0.15) is 5.82 Å². The van der Waals surface area contributed by atoms with Crippen LogP contribution < -0.4 is 4.90 Å². The van der Waals surface area contributed by atoms with Crippen molar-refractivity contribution in [3.63, 3.8) is 0 Å². The summed E-state index contributed by atoms with van der Waals surface area (Å²) >= 11 is 0. The van der Waals surface area contributed by atoms with E-state index in [9.17, 15) is 13.9 Å². The minimum atomic E-state index is -1.01. The summed E-state index contributed by atoms with van der Waals surface area (Å²) in [5.74, 6) is -1.26. The average Bonchev–Trinajstić information content (AvgIpc) is 3.03. The summed E-state index contributed by atoms with van der Waals surface area (Å²) in [6.45, 7) is 1.39. The number of aromatic nitrogens is 1. The number of nitrogens with one attached hydrogen (secondary N) is 1. The molecular formula is C22H19F2N3O3. The van der Waals surface area contributed by atoms with Crippen LogP contribution in [-0.2, 0) is 16.2 Å². The van der Waals surface area contributed by atoms with Crippen LogP contribution in [0.15, 0.2) is 30.3 Å². The number of carbonyl (C=O) groups excluding carboxylic acids is 2. The number of anilines is 2. The Morgan fingerprint density at radius 3 is 2.47 bits per heavy atom. The minimum Gasteiger partial charge on any atom is -0.392 e. The van der Waals surface area contributed by atoms with Gasteiger partial charge in [-0.2, -0.15) is 14.9 Å². The van der Waals surface area contributed by atoms with Gasteiger partial charge in [-0.15, -0.1) is 0 Å². The van der Waals surface area contributed by atoms with Gasteiger partial charge in [-0.1, -0.05) is 12.1 Å². The second kappa shape index (κ2) is 8.87. The monoisotopic (exact) mass is 411 g/mol. The fourth-order valence-corrected chi connectivity index (χ4v) is 3.67. The molecule has 0 saturated heterocycles. The number of nitrogens with zero attached hydrogens (tertiary/aromatic N) is 2. The predicted molar refractivity (Wildman–Crippen MR) is 105 cm³/mol. The molecule has 1 fully saturated rings. The fourth-order valence-electron chi connectivity index (χ4n) is 3.67. The van der Waals surface area contributed by atoms with Gasteiger partial charge in [-0.05, 0) is 49.9 Å². The lowest BCUT2D eigenvalue weighted by molar-refractivity contribution is -0.191. The van der Waals surface area contributed by atoms with E-state index in [0.29, 0.717) is 11.4 Å². The van der Waals surface area contributed by atoms with Crippen molar-refractivity contribution in [2.24, 2.45) is 0 Å². The Balaban J connectivity index is 0.000000806. The van der Waals surface area contributed by atoms with E-state index in [-0.39, 0.29) is 23.4 Å². The summed E-state index contributed by atoms with van der Waals surface area (Å²) in [6, 6.07) is 10.5. The fraction of sp³-hybridized carbons (Fsp3) is 0.273.